The van der Waals surface area contributed by atoms with Gasteiger partial charge in [0.05, 0.1) is 18.8 Å². The van der Waals surface area contributed by atoms with Gasteiger partial charge in [-0.1, -0.05) is 52.4 Å². The molecule has 0 spiro atoms. The van der Waals surface area contributed by atoms with Crippen LogP contribution >= 0.6 is 11.8 Å². The lowest BCUT2D eigenvalue weighted by Gasteiger charge is -2.42. The van der Waals surface area contributed by atoms with Crippen molar-refractivity contribution < 1.29 is 10.2 Å². The zero-order valence-electron chi connectivity index (χ0n) is 12.0. The van der Waals surface area contributed by atoms with E-state index in [2.05, 4.69) is 13.8 Å². The van der Waals surface area contributed by atoms with E-state index in [1.807, 2.05) is 4.42 Å². The topological polar surface area (TPSA) is 44.0 Å². The van der Waals surface area contributed by atoms with Crippen molar-refractivity contribution in [3.63, 3.8) is 0 Å². The van der Waals surface area contributed by atoms with Crippen LogP contribution in [0.15, 0.2) is 0 Å². The number of unbranched alkanes of at least 4 members (excludes halogenated alkanes) is 5. The van der Waals surface area contributed by atoms with E-state index in [-0.39, 0.29) is 11.0 Å². The minimum atomic E-state index is 0. The Morgan fingerprint density at radius 2 is 1.78 bits per heavy atom. The van der Waals surface area contributed by atoms with Crippen LogP contribution in [0.1, 0.15) is 65.2 Å². The average Bonchev–Trinajstić information content (AvgIpc) is 2.36. The van der Waals surface area contributed by atoms with Crippen molar-refractivity contribution in [3.05, 3.63) is 0 Å². The first-order valence-corrected chi connectivity index (χ1v) is 7.60. The SMILES string of the molecule is CCCCCCCCC1(CC)COCCN1Cl.O. The first kappa shape index (κ1) is 18.2. The van der Waals surface area contributed by atoms with Crippen molar-refractivity contribution in [1.29, 1.82) is 0 Å². The van der Waals surface area contributed by atoms with Crippen LogP contribution in [0, 0.1) is 0 Å². The van der Waals surface area contributed by atoms with Gasteiger partial charge in [0.1, 0.15) is 0 Å². The van der Waals surface area contributed by atoms with Crippen LogP contribution in [0.2, 0.25) is 0 Å². The molecule has 1 aliphatic heterocycles. The van der Waals surface area contributed by atoms with Crippen LogP contribution in [0.4, 0.5) is 0 Å². The Morgan fingerprint density at radius 1 is 1.11 bits per heavy atom. The molecule has 0 aromatic heterocycles. The summed E-state index contributed by atoms with van der Waals surface area (Å²) < 4.78 is 7.62. The van der Waals surface area contributed by atoms with E-state index in [4.69, 9.17) is 16.5 Å². The largest absolute Gasteiger partial charge is 0.412 e. The summed E-state index contributed by atoms with van der Waals surface area (Å²) in [7, 11) is 0. The molecule has 0 aromatic carbocycles. The molecule has 2 N–H and O–H groups in total. The summed E-state index contributed by atoms with van der Waals surface area (Å²) in [4.78, 5) is 0. The Hall–Kier alpha value is 0.170. The third-order valence-corrected chi connectivity index (χ3v) is 4.50. The average molecular weight is 280 g/mol. The van der Waals surface area contributed by atoms with E-state index >= 15 is 0 Å². The maximum atomic E-state index is 6.36. The molecule has 0 saturated carbocycles. The minimum absolute atomic E-state index is 0. The predicted octanol–water partition coefficient (Wildman–Crippen LogP) is 3.55. The summed E-state index contributed by atoms with van der Waals surface area (Å²) in [5.41, 5.74) is 0.102. The van der Waals surface area contributed by atoms with Crippen LogP contribution in [0.25, 0.3) is 0 Å². The molecule has 1 heterocycles. The second-order valence-electron chi connectivity index (χ2n) is 5.23. The van der Waals surface area contributed by atoms with Crippen LogP contribution in [-0.2, 0) is 4.74 Å². The maximum Gasteiger partial charge on any atom is 0.0663 e. The summed E-state index contributed by atoms with van der Waals surface area (Å²) in [5.74, 6) is 0. The van der Waals surface area contributed by atoms with Gasteiger partial charge in [0, 0.05) is 6.54 Å². The highest BCUT2D eigenvalue weighted by atomic mass is 35.5. The monoisotopic (exact) mass is 279 g/mol. The van der Waals surface area contributed by atoms with Crippen molar-refractivity contribution in [2.75, 3.05) is 19.8 Å². The third kappa shape index (κ3) is 5.43. The van der Waals surface area contributed by atoms with Crippen molar-refractivity contribution in [2.45, 2.75) is 70.8 Å². The summed E-state index contributed by atoms with van der Waals surface area (Å²) in [6, 6.07) is 0. The van der Waals surface area contributed by atoms with Crippen molar-refractivity contribution >= 4 is 11.8 Å². The highest BCUT2D eigenvalue weighted by Gasteiger charge is 2.36. The number of morpholine rings is 1. The Kier molecular flexibility index (Phi) is 10.1. The van der Waals surface area contributed by atoms with Gasteiger partial charge in [-0.3, -0.25) is 0 Å². The zero-order valence-corrected chi connectivity index (χ0v) is 12.8. The van der Waals surface area contributed by atoms with E-state index in [9.17, 15) is 0 Å². The highest BCUT2D eigenvalue weighted by molar-refractivity contribution is 6.13. The van der Waals surface area contributed by atoms with Crippen LogP contribution in [0.5, 0.6) is 0 Å². The fourth-order valence-corrected chi connectivity index (χ4v) is 2.91. The first-order chi connectivity index (χ1) is 8.25. The number of nitrogens with zero attached hydrogens (tertiary/aromatic N) is 1. The molecule has 0 amide bonds. The second kappa shape index (κ2) is 10.0. The molecule has 1 aliphatic rings. The van der Waals surface area contributed by atoms with E-state index < -0.39 is 0 Å². The molecule has 0 aliphatic carbocycles. The smallest absolute Gasteiger partial charge is 0.0663 e. The molecule has 0 radical (unpaired) electrons. The molecule has 18 heavy (non-hydrogen) atoms. The predicted molar refractivity (Wildman–Crippen MR) is 78.0 cm³/mol. The van der Waals surface area contributed by atoms with Gasteiger partial charge in [0.25, 0.3) is 0 Å². The Morgan fingerprint density at radius 3 is 2.39 bits per heavy atom. The van der Waals surface area contributed by atoms with Gasteiger partial charge in [0.15, 0.2) is 0 Å². The van der Waals surface area contributed by atoms with Crippen LogP contribution in [-0.4, -0.2) is 35.2 Å². The second-order valence-corrected chi connectivity index (χ2v) is 5.64. The van der Waals surface area contributed by atoms with Gasteiger partial charge in [-0.2, -0.15) is 0 Å². The van der Waals surface area contributed by atoms with E-state index in [1.54, 1.807) is 0 Å². The summed E-state index contributed by atoms with van der Waals surface area (Å²) in [6.07, 6.45) is 10.3. The molecule has 1 saturated heterocycles. The number of hydrogen-bond donors (Lipinski definition) is 0. The summed E-state index contributed by atoms with van der Waals surface area (Å²) in [6.45, 7) is 6.94. The summed E-state index contributed by atoms with van der Waals surface area (Å²) >= 11 is 6.36. The zero-order chi connectivity index (χ0) is 12.6. The van der Waals surface area contributed by atoms with Gasteiger partial charge in [-0.05, 0) is 24.6 Å². The van der Waals surface area contributed by atoms with Crippen molar-refractivity contribution in [1.82, 2.24) is 4.42 Å². The molecule has 0 bridgehead atoms. The molecular weight excluding hydrogens is 250 g/mol. The summed E-state index contributed by atoms with van der Waals surface area (Å²) in [5, 5.41) is 0. The van der Waals surface area contributed by atoms with Crippen LogP contribution < -0.4 is 0 Å². The van der Waals surface area contributed by atoms with Gasteiger partial charge in [-0.15, -0.1) is 0 Å². The molecule has 0 aromatic rings. The van der Waals surface area contributed by atoms with E-state index in [1.165, 1.54) is 44.9 Å². The fraction of sp³-hybridized carbons (Fsp3) is 1.00. The minimum Gasteiger partial charge on any atom is -0.412 e. The molecule has 4 heteroatoms. The van der Waals surface area contributed by atoms with E-state index in [0.29, 0.717) is 0 Å². The van der Waals surface area contributed by atoms with E-state index in [0.717, 1.165) is 26.2 Å². The Labute approximate surface area is 117 Å². The number of halogens is 1. The fourth-order valence-electron chi connectivity index (χ4n) is 2.59. The number of ether oxygens (including phenoxy) is 1. The molecule has 1 fully saturated rings. The van der Waals surface area contributed by atoms with Crippen molar-refractivity contribution in [3.8, 4) is 0 Å². The normalized spacial score (nSPS) is 24.8. The number of rotatable bonds is 8. The third-order valence-electron chi connectivity index (χ3n) is 3.97. The van der Waals surface area contributed by atoms with Crippen molar-refractivity contribution in [2.24, 2.45) is 0 Å². The lowest BCUT2D eigenvalue weighted by molar-refractivity contribution is -0.0327. The lowest BCUT2D eigenvalue weighted by Crippen LogP contribution is -2.52. The number of hydrogen-bond acceptors (Lipinski definition) is 2. The quantitative estimate of drug-likeness (QED) is 0.504. The molecule has 110 valence electrons. The lowest BCUT2D eigenvalue weighted by atomic mass is 9.89. The van der Waals surface area contributed by atoms with Gasteiger partial charge < -0.3 is 10.2 Å². The molecular formula is C14H30ClNO2. The standard InChI is InChI=1S/C14H28ClNO.H2O/c1-3-5-6-7-8-9-10-14(4-2)13-17-12-11-16(14)15;/h3-13H2,1-2H3;1H2. The first-order valence-electron chi connectivity index (χ1n) is 7.26. The maximum absolute atomic E-state index is 6.36. The van der Waals surface area contributed by atoms with Gasteiger partial charge in [-0.25, -0.2) is 4.42 Å². The molecule has 1 atom stereocenters. The molecule has 1 rings (SSSR count). The highest BCUT2D eigenvalue weighted by Crippen LogP contribution is 2.31. The van der Waals surface area contributed by atoms with Gasteiger partial charge in [0.2, 0.25) is 0 Å². The molecule has 1 unspecified atom stereocenters. The van der Waals surface area contributed by atoms with Crippen LogP contribution in [0.3, 0.4) is 0 Å². The Bertz CT molecular complexity index is 204. The Balaban J connectivity index is 0.00000289. The molecule has 3 nitrogen and oxygen atoms in total. The van der Waals surface area contributed by atoms with Gasteiger partial charge >= 0.3 is 0 Å².